The smallest absolute Gasteiger partial charge is 0.227 e. The van der Waals surface area contributed by atoms with Crippen LogP contribution in [0.5, 0.6) is 0 Å². The second kappa shape index (κ2) is 7.05. The van der Waals surface area contributed by atoms with Gasteiger partial charge in [0.25, 0.3) is 0 Å². The van der Waals surface area contributed by atoms with Crippen LogP contribution in [0.2, 0.25) is 0 Å². The molecule has 1 aromatic rings. The summed E-state index contributed by atoms with van der Waals surface area (Å²) in [5, 5.41) is 0. The summed E-state index contributed by atoms with van der Waals surface area (Å²) in [6.45, 7) is 5.50. The first-order chi connectivity index (χ1) is 8.19. The molecule has 0 unspecified atom stereocenters. The lowest BCUT2D eigenvalue weighted by molar-refractivity contribution is -0.130. The van der Waals surface area contributed by atoms with Gasteiger partial charge in [-0.25, -0.2) is 4.39 Å². The minimum Gasteiger partial charge on any atom is -0.343 e. The Hall–Kier alpha value is -1.38. The Morgan fingerprint density at radius 2 is 2.00 bits per heavy atom. The summed E-state index contributed by atoms with van der Waals surface area (Å²) in [6, 6.07) is 6.46. The van der Waals surface area contributed by atoms with Crippen molar-refractivity contribution < 1.29 is 9.18 Å². The molecule has 0 heterocycles. The van der Waals surface area contributed by atoms with Gasteiger partial charge in [0.05, 0.1) is 6.42 Å². The van der Waals surface area contributed by atoms with E-state index in [2.05, 4.69) is 6.92 Å². The summed E-state index contributed by atoms with van der Waals surface area (Å²) in [7, 11) is 0. The number of likely N-dealkylation sites (N-methyl/N-ethyl adjacent to an activating group) is 1. The Labute approximate surface area is 102 Å². The average Bonchev–Trinajstić information content (AvgIpc) is 2.33. The van der Waals surface area contributed by atoms with Crippen molar-refractivity contribution in [3.8, 4) is 0 Å². The number of benzene rings is 1. The summed E-state index contributed by atoms with van der Waals surface area (Å²) >= 11 is 0. The molecule has 94 valence electrons. The average molecular weight is 237 g/mol. The van der Waals surface area contributed by atoms with Crippen LogP contribution in [0.15, 0.2) is 24.3 Å². The van der Waals surface area contributed by atoms with Crippen molar-refractivity contribution in [2.75, 3.05) is 13.1 Å². The van der Waals surface area contributed by atoms with Crippen molar-refractivity contribution in [1.29, 1.82) is 0 Å². The van der Waals surface area contributed by atoms with Gasteiger partial charge in [-0.2, -0.15) is 0 Å². The predicted octanol–water partition coefficient (Wildman–Crippen LogP) is 3.02. The Kier molecular flexibility index (Phi) is 5.67. The number of hydrogen-bond donors (Lipinski definition) is 0. The van der Waals surface area contributed by atoms with Crippen LogP contribution in [-0.4, -0.2) is 23.9 Å². The maximum absolute atomic E-state index is 13.4. The fraction of sp³-hybridized carbons (Fsp3) is 0.500. The molecule has 0 bridgehead atoms. The Balaban J connectivity index is 2.61. The van der Waals surface area contributed by atoms with E-state index >= 15 is 0 Å². The van der Waals surface area contributed by atoms with E-state index < -0.39 is 0 Å². The Bertz CT molecular complexity index is 365. The minimum atomic E-state index is -0.299. The van der Waals surface area contributed by atoms with Crippen LogP contribution >= 0.6 is 0 Å². The van der Waals surface area contributed by atoms with Crippen molar-refractivity contribution in [3.63, 3.8) is 0 Å². The molecule has 3 heteroatoms. The van der Waals surface area contributed by atoms with Crippen LogP contribution in [0.1, 0.15) is 32.3 Å². The monoisotopic (exact) mass is 237 g/mol. The summed E-state index contributed by atoms with van der Waals surface area (Å²) in [6.07, 6.45) is 2.21. The van der Waals surface area contributed by atoms with Gasteiger partial charge in [-0.15, -0.1) is 0 Å². The first-order valence-corrected chi connectivity index (χ1v) is 6.20. The van der Waals surface area contributed by atoms with E-state index in [4.69, 9.17) is 0 Å². The standard InChI is InChI=1S/C14H20FNO/c1-3-5-10-16(4-2)14(17)11-12-8-6-7-9-13(12)15/h6-9H,3-5,10-11H2,1-2H3. The number of unbranched alkanes of at least 4 members (excludes halogenated alkanes) is 1. The van der Waals surface area contributed by atoms with Gasteiger partial charge in [-0.05, 0) is 25.0 Å². The quantitative estimate of drug-likeness (QED) is 0.744. The van der Waals surface area contributed by atoms with E-state index in [-0.39, 0.29) is 18.1 Å². The molecule has 0 saturated carbocycles. The van der Waals surface area contributed by atoms with E-state index in [0.29, 0.717) is 12.1 Å². The van der Waals surface area contributed by atoms with E-state index in [0.717, 1.165) is 19.4 Å². The van der Waals surface area contributed by atoms with Gasteiger partial charge < -0.3 is 4.90 Å². The number of rotatable bonds is 6. The van der Waals surface area contributed by atoms with E-state index in [9.17, 15) is 9.18 Å². The number of halogens is 1. The van der Waals surface area contributed by atoms with Crippen LogP contribution in [-0.2, 0) is 11.2 Å². The zero-order valence-corrected chi connectivity index (χ0v) is 10.6. The normalized spacial score (nSPS) is 10.3. The number of carbonyl (C=O) groups is 1. The summed E-state index contributed by atoms with van der Waals surface area (Å²) in [4.78, 5) is 13.7. The number of nitrogens with zero attached hydrogens (tertiary/aromatic N) is 1. The van der Waals surface area contributed by atoms with Gasteiger partial charge in [0.1, 0.15) is 5.82 Å². The van der Waals surface area contributed by atoms with Gasteiger partial charge in [-0.1, -0.05) is 31.5 Å². The maximum Gasteiger partial charge on any atom is 0.227 e. The number of amides is 1. The minimum absolute atomic E-state index is 0.00560. The van der Waals surface area contributed by atoms with Crippen molar-refractivity contribution in [2.45, 2.75) is 33.1 Å². The summed E-state index contributed by atoms with van der Waals surface area (Å²) in [5.41, 5.74) is 0.479. The first kappa shape index (κ1) is 13.7. The van der Waals surface area contributed by atoms with Crippen molar-refractivity contribution in [1.82, 2.24) is 4.90 Å². The molecule has 1 aromatic carbocycles. The third kappa shape index (κ3) is 4.17. The van der Waals surface area contributed by atoms with E-state index in [1.54, 1.807) is 23.1 Å². The lowest BCUT2D eigenvalue weighted by Gasteiger charge is -2.20. The van der Waals surface area contributed by atoms with Gasteiger partial charge in [0, 0.05) is 13.1 Å². The maximum atomic E-state index is 13.4. The highest BCUT2D eigenvalue weighted by molar-refractivity contribution is 5.78. The van der Waals surface area contributed by atoms with Crippen LogP contribution in [0, 0.1) is 5.82 Å². The molecule has 0 spiro atoms. The molecule has 1 amide bonds. The molecule has 0 N–H and O–H groups in total. The molecular weight excluding hydrogens is 217 g/mol. The fourth-order valence-corrected chi connectivity index (χ4v) is 1.72. The van der Waals surface area contributed by atoms with Crippen molar-refractivity contribution >= 4 is 5.91 Å². The predicted molar refractivity (Wildman–Crippen MR) is 67.3 cm³/mol. The fourth-order valence-electron chi connectivity index (χ4n) is 1.72. The van der Waals surface area contributed by atoms with Gasteiger partial charge in [-0.3, -0.25) is 4.79 Å². The Morgan fingerprint density at radius 1 is 1.29 bits per heavy atom. The van der Waals surface area contributed by atoms with Crippen LogP contribution in [0.3, 0.4) is 0 Å². The van der Waals surface area contributed by atoms with Crippen LogP contribution < -0.4 is 0 Å². The molecule has 0 aliphatic rings. The molecule has 17 heavy (non-hydrogen) atoms. The third-order valence-electron chi connectivity index (χ3n) is 2.82. The molecule has 0 radical (unpaired) electrons. The first-order valence-electron chi connectivity index (χ1n) is 6.20. The van der Waals surface area contributed by atoms with Gasteiger partial charge in [0.2, 0.25) is 5.91 Å². The van der Waals surface area contributed by atoms with Crippen molar-refractivity contribution in [2.24, 2.45) is 0 Å². The second-order valence-electron chi connectivity index (χ2n) is 4.10. The summed E-state index contributed by atoms with van der Waals surface area (Å²) in [5.74, 6) is -0.293. The molecule has 0 atom stereocenters. The molecule has 0 saturated heterocycles. The molecule has 1 rings (SSSR count). The van der Waals surface area contributed by atoms with Gasteiger partial charge >= 0.3 is 0 Å². The van der Waals surface area contributed by atoms with E-state index in [1.165, 1.54) is 6.07 Å². The molecule has 0 aliphatic carbocycles. The SMILES string of the molecule is CCCCN(CC)C(=O)Cc1ccccc1F. The number of hydrogen-bond acceptors (Lipinski definition) is 1. The number of carbonyl (C=O) groups excluding carboxylic acids is 1. The lowest BCUT2D eigenvalue weighted by atomic mass is 10.1. The highest BCUT2D eigenvalue weighted by atomic mass is 19.1. The van der Waals surface area contributed by atoms with E-state index in [1.807, 2.05) is 6.92 Å². The zero-order valence-electron chi connectivity index (χ0n) is 10.6. The molecule has 2 nitrogen and oxygen atoms in total. The Morgan fingerprint density at radius 3 is 2.59 bits per heavy atom. The molecular formula is C14H20FNO. The van der Waals surface area contributed by atoms with Gasteiger partial charge in [0.15, 0.2) is 0 Å². The molecule has 0 fully saturated rings. The van der Waals surface area contributed by atoms with Crippen LogP contribution in [0.4, 0.5) is 4.39 Å². The summed E-state index contributed by atoms with van der Waals surface area (Å²) < 4.78 is 13.4. The largest absolute Gasteiger partial charge is 0.343 e. The third-order valence-corrected chi connectivity index (χ3v) is 2.82. The van der Waals surface area contributed by atoms with Crippen LogP contribution in [0.25, 0.3) is 0 Å². The van der Waals surface area contributed by atoms with Crippen molar-refractivity contribution in [3.05, 3.63) is 35.6 Å². The highest BCUT2D eigenvalue weighted by Gasteiger charge is 2.13. The topological polar surface area (TPSA) is 20.3 Å². The molecule has 0 aliphatic heterocycles. The molecule has 0 aromatic heterocycles. The highest BCUT2D eigenvalue weighted by Crippen LogP contribution is 2.09. The second-order valence-corrected chi connectivity index (χ2v) is 4.10. The lowest BCUT2D eigenvalue weighted by Crippen LogP contribution is -2.33. The zero-order chi connectivity index (χ0) is 12.7.